The van der Waals surface area contributed by atoms with Crippen molar-refractivity contribution in [2.45, 2.75) is 13.5 Å². The Morgan fingerprint density at radius 3 is 2.65 bits per heavy atom. The van der Waals surface area contributed by atoms with E-state index in [9.17, 15) is 18.9 Å². The van der Waals surface area contributed by atoms with Crippen LogP contribution in [0.15, 0.2) is 36.4 Å². The van der Waals surface area contributed by atoms with E-state index < -0.39 is 16.6 Å². The number of anilines is 1. The monoisotopic (exact) mass is 278 g/mol. The second kappa shape index (κ2) is 5.64. The van der Waals surface area contributed by atoms with E-state index in [1.807, 2.05) is 0 Å². The number of rotatable bonds is 4. The van der Waals surface area contributed by atoms with E-state index >= 15 is 0 Å². The van der Waals surface area contributed by atoms with E-state index in [1.165, 1.54) is 6.07 Å². The van der Waals surface area contributed by atoms with Gasteiger partial charge >= 0.3 is 0 Å². The van der Waals surface area contributed by atoms with Gasteiger partial charge in [0.2, 0.25) is 0 Å². The molecule has 0 unspecified atom stereocenters. The molecule has 0 radical (unpaired) electrons. The Kier molecular flexibility index (Phi) is 3.93. The smallest absolute Gasteiger partial charge is 0.295 e. The molecule has 20 heavy (non-hydrogen) atoms. The molecule has 0 aliphatic rings. The lowest BCUT2D eigenvalue weighted by Crippen LogP contribution is -2.05. The van der Waals surface area contributed by atoms with Gasteiger partial charge in [-0.2, -0.15) is 0 Å². The van der Waals surface area contributed by atoms with Crippen LogP contribution in [0.4, 0.5) is 20.2 Å². The normalized spacial score (nSPS) is 10.3. The van der Waals surface area contributed by atoms with Crippen molar-refractivity contribution in [3.05, 3.63) is 69.3 Å². The fourth-order valence-corrected chi connectivity index (χ4v) is 1.90. The van der Waals surface area contributed by atoms with Crippen molar-refractivity contribution >= 4 is 11.4 Å². The topological polar surface area (TPSA) is 55.2 Å². The lowest BCUT2D eigenvalue weighted by atomic mass is 10.1. The molecule has 0 aromatic heterocycles. The second-order valence-electron chi connectivity index (χ2n) is 4.32. The summed E-state index contributed by atoms with van der Waals surface area (Å²) in [6, 6.07) is 8.08. The highest BCUT2D eigenvalue weighted by molar-refractivity contribution is 5.65. The van der Waals surface area contributed by atoms with Gasteiger partial charge < -0.3 is 5.32 Å². The molecule has 0 bridgehead atoms. The summed E-state index contributed by atoms with van der Waals surface area (Å²) in [5.41, 5.74) is 1.01. The fourth-order valence-electron chi connectivity index (χ4n) is 1.90. The lowest BCUT2D eigenvalue weighted by molar-refractivity contribution is -0.384. The maximum Gasteiger partial charge on any atom is 0.295 e. The number of nitrogens with zero attached hydrogens (tertiary/aromatic N) is 1. The minimum absolute atomic E-state index is 0.0381. The van der Waals surface area contributed by atoms with E-state index in [0.29, 0.717) is 11.3 Å². The molecule has 0 spiro atoms. The van der Waals surface area contributed by atoms with Gasteiger partial charge in [-0.15, -0.1) is 0 Å². The lowest BCUT2D eigenvalue weighted by Gasteiger charge is -2.09. The van der Waals surface area contributed by atoms with E-state index in [2.05, 4.69) is 5.32 Å². The van der Waals surface area contributed by atoms with Crippen molar-refractivity contribution in [2.24, 2.45) is 0 Å². The van der Waals surface area contributed by atoms with Gasteiger partial charge in [-0.3, -0.25) is 10.1 Å². The fraction of sp³-hybridized carbons (Fsp3) is 0.143. The minimum Gasteiger partial charge on any atom is -0.375 e. The second-order valence-corrected chi connectivity index (χ2v) is 4.32. The zero-order valence-corrected chi connectivity index (χ0v) is 10.7. The minimum atomic E-state index is -0.687. The molecule has 6 heteroatoms. The third-order valence-corrected chi connectivity index (χ3v) is 2.90. The SMILES string of the molecule is Cc1cccc(NCc2ccc(F)cc2F)c1[N+](=O)[O-]. The molecule has 2 rings (SSSR count). The Labute approximate surface area is 114 Å². The van der Waals surface area contributed by atoms with Gasteiger partial charge in [-0.1, -0.05) is 18.2 Å². The van der Waals surface area contributed by atoms with Gasteiger partial charge in [0.1, 0.15) is 17.3 Å². The number of aryl methyl sites for hydroxylation is 1. The maximum absolute atomic E-state index is 13.5. The summed E-state index contributed by atoms with van der Waals surface area (Å²) >= 11 is 0. The standard InChI is InChI=1S/C14H12F2N2O2/c1-9-3-2-4-13(14(9)18(19)20)17-8-10-5-6-11(15)7-12(10)16/h2-7,17H,8H2,1H3. The number of nitro groups is 1. The van der Waals surface area contributed by atoms with Gasteiger partial charge in [-0.25, -0.2) is 8.78 Å². The van der Waals surface area contributed by atoms with E-state index in [4.69, 9.17) is 0 Å². The Morgan fingerprint density at radius 1 is 1.25 bits per heavy atom. The predicted octanol–water partition coefficient (Wildman–Crippen LogP) is 3.79. The van der Waals surface area contributed by atoms with Crippen LogP contribution < -0.4 is 5.32 Å². The molecule has 0 aliphatic heterocycles. The van der Waals surface area contributed by atoms with Crippen molar-refractivity contribution in [2.75, 3.05) is 5.32 Å². The quantitative estimate of drug-likeness (QED) is 0.683. The summed E-state index contributed by atoms with van der Waals surface area (Å²) in [5, 5.41) is 13.8. The third kappa shape index (κ3) is 2.90. The van der Waals surface area contributed by atoms with Crippen molar-refractivity contribution in [1.82, 2.24) is 0 Å². The van der Waals surface area contributed by atoms with E-state index in [1.54, 1.807) is 25.1 Å². The van der Waals surface area contributed by atoms with Gasteiger partial charge in [0.05, 0.1) is 4.92 Å². The number of benzene rings is 2. The summed E-state index contributed by atoms with van der Waals surface area (Å²) < 4.78 is 26.3. The summed E-state index contributed by atoms with van der Waals surface area (Å²) in [6.45, 7) is 1.66. The van der Waals surface area contributed by atoms with Gasteiger partial charge in [0.25, 0.3) is 5.69 Å². The highest BCUT2D eigenvalue weighted by Crippen LogP contribution is 2.28. The number of nitrogens with one attached hydrogen (secondary N) is 1. The number of para-hydroxylation sites is 1. The van der Waals surface area contributed by atoms with Crippen LogP contribution in [0.3, 0.4) is 0 Å². The van der Waals surface area contributed by atoms with Crippen LogP contribution in [-0.4, -0.2) is 4.92 Å². The molecule has 2 aromatic carbocycles. The highest BCUT2D eigenvalue weighted by atomic mass is 19.1. The summed E-state index contributed by atoms with van der Waals surface area (Å²) in [7, 11) is 0. The molecule has 0 fully saturated rings. The molecule has 4 nitrogen and oxygen atoms in total. The van der Waals surface area contributed by atoms with Crippen LogP contribution in [0.5, 0.6) is 0 Å². The number of nitro benzene ring substituents is 1. The van der Waals surface area contributed by atoms with Crippen LogP contribution in [0.1, 0.15) is 11.1 Å². The molecule has 2 aromatic rings. The van der Waals surface area contributed by atoms with Gasteiger partial charge in [0, 0.05) is 23.7 Å². The zero-order valence-electron chi connectivity index (χ0n) is 10.7. The Bertz CT molecular complexity index is 660. The first-order valence-electron chi connectivity index (χ1n) is 5.91. The number of hydrogen-bond donors (Lipinski definition) is 1. The molecule has 0 heterocycles. The summed E-state index contributed by atoms with van der Waals surface area (Å²) in [4.78, 5) is 10.5. The average molecular weight is 278 g/mol. The largest absolute Gasteiger partial charge is 0.375 e. The molecular formula is C14H12F2N2O2. The number of hydrogen-bond acceptors (Lipinski definition) is 3. The van der Waals surface area contributed by atoms with Crippen molar-refractivity contribution in [3.63, 3.8) is 0 Å². The van der Waals surface area contributed by atoms with Crippen LogP contribution in [0, 0.1) is 28.7 Å². The first kappa shape index (κ1) is 13.9. The Morgan fingerprint density at radius 2 is 2.00 bits per heavy atom. The zero-order chi connectivity index (χ0) is 14.7. The van der Waals surface area contributed by atoms with Gasteiger partial charge in [0.15, 0.2) is 0 Å². The van der Waals surface area contributed by atoms with Crippen LogP contribution >= 0.6 is 0 Å². The van der Waals surface area contributed by atoms with Crippen molar-refractivity contribution < 1.29 is 13.7 Å². The Balaban J connectivity index is 2.23. The van der Waals surface area contributed by atoms with Crippen molar-refractivity contribution in [3.8, 4) is 0 Å². The van der Waals surface area contributed by atoms with Crippen LogP contribution in [-0.2, 0) is 6.54 Å². The summed E-state index contributed by atoms with van der Waals surface area (Å²) in [5.74, 6) is -1.35. The molecule has 0 aliphatic carbocycles. The Hall–Kier alpha value is -2.50. The van der Waals surface area contributed by atoms with E-state index in [-0.39, 0.29) is 17.8 Å². The molecule has 0 amide bonds. The summed E-state index contributed by atoms with van der Waals surface area (Å²) in [6.07, 6.45) is 0. The van der Waals surface area contributed by atoms with Crippen LogP contribution in [0.25, 0.3) is 0 Å². The highest BCUT2D eigenvalue weighted by Gasteiger charge is 2.16. The first-order chi connectivity index (χ1) is 9.49. The predicted molar refractivity (Wildman–Crippen MR) is 71.5 cm³/mol. The molecule has 0 saturated carbocycles. The molecule has 0 saturated heterocycles. The van der Waals surface area contributed by atoms with Crippen LogP contribution in [0.2, 0.25) is 0 Å². The molecule has 0 atom stereocenters. The molecule has 1 N–H and O–H groups in total. The third-order valence-electron chi connectivity index (χ3n) is 2.90. The van der Waals surface area contributed by atoms with Crippen molar-refractivity contribution in [1.29, 1.82) is 0 Å². The number of halogens is 2. The average Bonchev–Trinajstić information content (AvgIpc) is 2.37. The molecular weight excluding hydrogens is 266 g/mol. The first-order valence-corrected chi connectivity index (χ1v) is 5.91. The molecule has 104 valence electrons. The maximum atomic E-state index is 13.5. The van der Waals surface area contributed by atoms with Gasteiger partial charge in [-0.05, 0) is 19.1 Å². The van der Waals surface area contributed by atoms with E-state index in [0.717, 1.165) is 12.1 Å².